The van der Waals surface area contributed by atoms with Gasteiger partial charge in [0.05, 0.1) is 22.9 Å². The van der Waals surface area contributed by atoms with Gasteiger partial charge in [0.2, 0.25) is 0 Å². The first-order valence-corrected chi connectivity index (χ1v) is 7.43. The SMILES string of the molecule is C=C(O)Oc1ccccc1.CC(C#N)C(Br)C(Br)C#N. The topological polar surface area (TPSA) is 77.0 Å². The van der Waals surface area contributed by atoms with Crippen LogP contribution < -0.4 is 4.74 Å². The Kier molecular flexibility index (Phi) is 9.53. The maximum atomic E-state index is 8.59. The lowest BCUT2D eigenvalue weighted by Gasteiger charge is -2.10. The average molecular weight is 402 g/mol. The number of halogens is 2. The molecule has 0 spiro atoms. The highest BCUT2D eigenvalue weighted by Gasteiger charge is 2.21. The molecule has 0 bridgehead atoms. The molecule has 3 unspecified atom stereocenters. The van der Waals surface area contributed by atoms with Crippen LogP contribution in [-0.2, 0) is 0 Å². The summed E-state index contributed by atoms with van der Waals surface area (Å²) in [6.45, 7) is 4.95. The highest BCUT2D eigenvalue weighted by molar-refractivity contribution is 9.12. The third-order valence-corrected chi connectivity index (χ3v) is 4.87. The number of alkyl halides is 2. The molecule has 1 rings (SSSR count). The van der Waals surface area contributed by atoms with Crippen LogP contribution in [0.1, 0.15) is 6.92 Å². The van der Waals surface area contributed by atoms with Gasteiger partial charge in [-0.25, -0.2) is 0 Å². The number of benzene rings is 1. The minimum absolute atomic E-state index is 0.0949. The maximum absolute atomic E-state index is 8.59. The Balaban J connectivity index is 0.000000361. The predicted molar refractivity (Wildman–Crippen MR) is 84.7 cm³/mol. The van der Waals surface area contributed by atoms with Crippen molar-refractivity contribution in [2.24, 2.45) is 5.92 Å². The summed E-state index contributed by atoms with van der Waals surface area (Å²) >= 11 is 6.36. The largest absolute Gasteiger partial charge is 0.481 e. The van der Waals surface area contributed by atoms with Crippen molar-refractivity contribution in [3.8, 4) is 17.9 Å². The van der Waals surface area contributed by atoms with E-state index in [4.69, 9.17) is 20.4 Å². The molecule has 0 aliphatic rings. The average Bonchev–Trinajstić information content (AvgIpc) is 2.45. The zero-order valence-corrected chi connectivity index (χ0v) is 14.0. The monoisotopic (exact) mass is 400 g/mol. The number of hydrogen-bond acceptors (Lipinski definition) is 4. The molecule has 0 saturated carbocycles. The molecular formula is C14H14Br2N2O2. The van der Waals surface area contributed by atoms with E-state index in [-0.39, 0.29) is 21.5 Å². The molecule has 0 amide bonds. The van der Waals surface area contributed by atoms with E-state index >= 15 is 0 Å². The number of rotatable bonds is 4. The van der Waals surface area contributed by atoms with Gasteiger partial charge in [0.25, 0.3) is 5.95 Å². The van der Waals surface area contributed by atoms with E-state index in [9.17, 15) is 0 Å². The van der Waals surface area contributed by atoms with E-state index in [2.05, 4.69) is 44.5 Å². The Labute approximate surface area is 135 Å². The molecule has 0 heterocycles. The molecule has 0 saturated heterocycles. The Hall–Kier alpha value is -1.50. The van der Waals surface area contributed by atoms with Crippen molar-refractivity contribution >= 4 is 31.9 Å². The standard InChI is InChI=1S/C8H8O2.C6H6Br2N2/c1-7(9)10-8-5-3-2-4-6-8;1-4(2-9)6(8)5(7)3-10/h2-6,9H,1H2;4-6H,1H3. The summed E-state index contributed by atoms with van der Waals surface area (Å²) in [6, 6.07) is 13.0. The van der Waals surface area contributed by atoms with Crippen LogP contribution in [-0.4, -0.2) is 14.8 Å². The summed E-state index contributed by atoms with van der Waals surface area (Å²) in [4.78, 5) is -0.385. The molecule has 0 fully saturated rings. The third-order valence-electron chi connectivity index (χ3n) is 2.06. The summed E-state index contributed by atoms with van der Waals surface area (Å²) in [6.07, 6.45) is 0. The van der Waals surface area contributed by atoms with Gasteiger partial charge in [0.15, 0.2) is 0 Å². The van der Waals surface area contributed by atoms with Crippen LogP contribution in [0.25, 0.3) is 0 Å². The zero-order valence-electron chi connectivity index (χ0n) is 10.8. The molecule has 3 atom stereocenters. The lowest BCUT2D eigenvalue weighted by Crippen LogP contribution is -2.19. The number of aliphatic hydroxyl groups is 1. The molecule has 106 valence electrons. The van der Waals surface area contributed by atoms with Crippen LogP contribution in [0.5, 0.6) is 5.75 Å². The van der Waals surface area contributed by atoms with Crippen molar-refractivity contribution in [1.82, 2.24) is 0 Å². The number of para-hydroxylation sites is 1. The van der Waals surface area contributed by atoms with Crippen LogP contribution in [0.15, 0.2) is 42.9 Å². The molecule has 1 aromatic rings. The van der Waals surface area contributed by atoms with Crippen molar-refractivity contribution in [1.29, 1.82) is 10.5 Å². The number of nitrogens with zero attached hydrogens (tertiary/aromatic N) is 2. The van der Waals surface area contributed by atoms with Crippen molar-refractivity contribution in [2.75, 3.05) is 0 Å². The Morgan fingerprint density at radius 1 is 1.25 bits per heavy atom. The summed E-state index contributed by atoms with van der Waals surface area (Å²) in [5, 5.41) is 25.4. The Morgan fingerprint density at radius 3 is 2.20 bits per heavy atom. The minimum Gasteiger partial charge on any atom is -0.481 e. The van der Waals surface area contributed by atoms with Gasteiger partial charge in [-0.15, -0.1) is 0 Å². The second-order valence-corrected chi connectivity index (χ2v) is 5.75. The molecule has 0 aliphatic carbocycles. The summed E-state index contributed by atoms with van der Waals surface area (Å²) < 4.78 is 4.78. The highest BCUT2D eigenvalue weighted by Crippen LogP contribution is 2.20. The molecule has 0 radical (unpaired) electrons. The molecule has 1 N–H and O–H groups in total. The van der Waals surface area contributed by atoms with E-state index < -0.39 is 0 Å². The van der Waals surface area contributed by atoms with Crippen molar-refractivity contribution in [3.63, 3.8) is 0 Å². The van der Waals surface area contributed by atoms with E-state index in [0.29, 0.717) is 5.75 Å². The summed E-state index contributed by atoms with van der Waals surface area (Å²) in [7, 11) is 0. The fraction of sp³-hybridized carbons (Fsp3) is 0.286. The molecule has 20 heavy (non-hydrogen) atoms. The highest BCUT2D eigenvalue weighted by atomic mass is 79.9. The van der Waals surface area contributed by atoms with Gasteiger partial charge in [-0.1, -0.05) is 50.1 Å². The molecule has 4 nitrogen and oxygen atoms in total. The number of ether oxygens (including phenoxy) is 1. The van der Waals surface area contributed by atoms with Gasteiger partial charge in [0.1, 0.15) is 10.6 Å². The fourth-order valence-corrected chi connectivity index (χ4v) is 1.71. The van der Waals surface area contributed by atoms with Crippen LogP contribution in [0.4, 0.5) is 0 Å². The van der Waals surface area contributed by atoms with Crippen LogP contribution >= 0.6 is 31.9 Å². The zero-order chi connectivity index (χ0) is 15.5. The van der Waals surface area contributed by atoms with E-state index in [1.165, 1.54) is 0 Å². The fourth-order valence-electron chi connectivity index (χ4n) is 1.02. The van der Waals surface area contributed by atoms with Crippen molar-refractivity contribution in [3.05, 3.63) is 42.9 Å². The number of nitriles is 2. The van der Waals surface area contributed by atoms with E-state index in [1.807, 2.05) is 24.3 Å². The first-order valence-electron chi connectivity index (χ1n) is 5.60. The molecule has 0 aliphatic heterocycles. The smallest absolute Gasteiger partial charge is 0.274 e. The van der Waals surface area contributed by atoms with Crippen LogP contribution in [0.3, 0.4) is 0 Å². The first kappa shape index (κ1) is 18.5. The van der Waals surface area contributed by atoms with Crippen LogP contribution in [0.2, 0.25) is 0 Å². The summed E-state index contributed by atoms with van der Waals surface area (Å²) in [5.41, 5.74) is 0. The van der Waals surface area contributed by atoms with Crippen molar-refractivity contribution in [2.45, 2.75) is 16.6 Å². The Morgan fingerprint density at radius 2 is 1.80 bits per heavy atom. The van der Waals surface area contributed by atoms with Gasteiger partial charge >= 0.3 is 0 Å². The Bertz CT molecular complexity index is 474. The molecule has 6 heteroatoms. The molecular weight excluding hydrogens is 388 g/mol. The normalized spacial score (nSPS) is 13.4. The summed E-state index contributed by atoms with van der Waals surface area (Å²) in [5.74, 6) is 0.158. The van der Waals surface area contributed by atoms with Gasteiger partial charge in [-0.3, -0.25) is 0 Å². The maximum Gasteiger partial charge on any atom is 0.274 e. The van der Waals surface area contributed by atoms with Gasteiger partial charge in [0, 0.05) is 0 Å². The van der Waals surface area contributed by atoms with Gasteiger partial charge in [-0.05, 0) is 25.6 Å². The lowest BCUT2D eigenvalue weighted by molar-refractivity contribution is 0.211. The van der Waals surface area contributed by atoms with E-state index in [1.54, 1.807) is 19.1 Å². The lowest BCUT2D eigenvalue weighted by atomic mass is 10.1. The van der Waals surface area contributed by atoms with Gasteiger partial charge < -0.3 is 9.84 Å². The number of hydrogen-bond donors (Lipinski definition) is 1. The molecule has 0 aromatic heterocycles. The van der Waals surface area contributed by atoms with Gasteiger partial charge in [-0.2, -0.15) is 10.5 Å². The van der Waals surface area contributed by atoms with E-state index in [0.717, 1.165) is 0 Å². The predicted octanol–water partition coefficient (Wildman–Crippen LogP) is 4.29. The second kappa shape index (κ2) is 10.3. The number of aliphatic hydroxyl groups excluding tert-OH is 1. The quantitative estimate of drug-likeness (QED) is 0.602. The third kappa shape index (κ3) is 7.83. The first-order chi connectivity index (χ1) is 9.42. The van der Waals surface area contributed by atoms with Crippen molar-refractivity contribution < 1.29 is 9.84 Å². The van der Waals surface area contributed by atoms with Crippen LogP contribution in [0, 0.1) is 28.6 Å². The minimum atomic E-state index is -0.290. The second-order valence-electron chi connectivity index (χ2n) is 3.70. The molecule has 1 aromatic carbocycles.